The zero-order valence-corrected chi connectivity index (χ0v) is 20.5. The molecule has 3 rings (SSSR count). The van der Waals surface area contributed by atoms with Crippen LogP contribution in [0.25, 0.3) is 0 Å². The van der Waals surface area contributed by atoms with Gasteiger partial charge in [0.15, 0.2) is 0 Å². The highest BCUT2D eigenvalue weighted by Gasteiger charge is 2.38. The lowest BCUT2D eigenvalue weighted by Crippen LogP contribution is -2.36. The summed E-state index contributed by atoms with van der Waals surface area (Å²) in [5.74, 6) is -1.58. The molecule has 0 radical (unpaired) electrons. The van der Waals surface area contributed by atoms with Gasteiger partial charge in [-0.15, -0.1) is 0 Å². The summed E-state index contributed by atoms with van der Waals surface area (Å²) in [5, 5.41) is 0. The quantitative estimate of drug-likeness (QED) is 0.250. The molecule has 6 heteroatoms. The largest absolute Gasteiger partial charge is 0.269 e. The van der Waals surface area contributed by atoms with Crippen LogP contribution in [0.3, 0.4) is 0 Å². The van der Waals surface area contributed by atoms with Crippen LogP contribution in [0.5, 0.6) is 0 Å². The van der Waals surface area contributed by atoms with Crippen molar-refractivity contribution in [3.05, 3.63) is 47.6 Å². The Morgan fingerprint density at radius 1 is 0.559 bits per heavy atom. The number of carbonyl (C=O) groups is 4. The predicted molar refractivity (Wildman–Crippen MR) is 134 cm³/mol. The van der Waals surface area contributed by atoms with E-state index < -0.39 is 11.8 Å². The highest BCUT2D eigenvalue weighted by Crippen LogP contribution is 2.36. The van der Waals surface area contributed by atoms with E-state index in [-0.39, 0.29) is 23.2 Å². The Bertz CT molecular complexity index is 913. The Labute approximate surface area is 202 Å². The third kappa shape index (κ3) is 5.91. The van der Waals surface area contributed by atoms with E-state index in [9.17, 15) is 19.2 Å². The van der Waals surface area contributed by atoms with Gasteiger partial charge in [-0.1, -0.05) is 77.3 Å². The fourth-order valence-electron chi connectivity index (χ4n) is 4.53. The number of carbonyl (C=O) groups excluding carboxylic acids is 4. The van der Waals surface area contributed by atoms with Gasteiger partial charge in [-0.05, 0) is 37.8 Å². The highest BCUT2D eigenvalue weighted by molar-refractivity contribution is 6.35. The van der Waals surface area contributed by atoms with Gasteiger partial charge in [-0.3, -0.25) is 19.2 Å². The maximum absolute atomic E-state index is 13.1. The van der Waals surface area contributed by atoms with Crippen LogP contribution in [0.15, 0.2) is 47.6 Å². The minimum Gasteiger partial charge on any atom is -0.269 e. The maximum atomic E-state index is 13.1. The van der Waals surface area contributed by atoms with Crippen LogP contribution >= 0.6 is 0 Å². The molecular weight excluding hydrogens is 428 g/mol. The SMILES string of the molecule is CCCCCCCC1=CC(=O)N(c2ccccc2N2C(=O)C=C(CCCCCCC)C2=O)C1=O. The molecule has 0 saturated heterocycles. The van der Waals surface area contributed by atoms with Gasteiger partial charge in [-0.2, -0.15) is 0 Å². The van der Waals surface area contributed by atoms with Crippen LogP contribution in [-0.4, -0.2) is 23.6 Å². The van der Waals surface area contributed by atoms with E-state index in [0.717, 1.165) is 74.0 Å². The minimum atomic E-state index is -0.427. The minimum absolute atomic E-state index is 0.272. The van der Waals surface area contributed by atoms with E-state index in [1.54, 1.807) is 24.3 Å². The molecule has 0 aliphatic carbocycles. The summed E-state index contributed by atoms with van der Waals surface area (Å²) >= 11 is 0. The number of rotatable bonds is 14. The number of anilines is 2. The molecular formula is C28H36N2O4. The maximum Gasteiger partial charge on any atom is 0.261 e. The molecule has 0 atom stereocenters. The van der Waals surface area contributed by atoms with Gasteiger partial charge in [0.1, 0.15) is 0 Å². The van der Waals surface area contributed by atoms with E-state index in [2.05, 4.69) is 13.8 Å². The Morgan fingerprint density at radius 2 is 0.941 bits per heavy atom. The van der Waals surface area contributed by atoms with Crippen LogP contribution in [0.1, 0.15) is 90.9 Å². The van der Waals surface area contributed by atoms with Crippen molar-refractivity contribution in [2.45, 2.75) is 90.9 Å². The monoisotopic (exact) mass is 464 g/mol. The number of imide groups is 2. The topological polar surface area (TPSA) is 74.8 Å². The van der Waals surface area contributed by atoms with Crippen molar-refractivity contribution in [2.75, 3.05) is 9.80 Å². The van der Waals surface area contributed by atoms with Crippen molar-refractivity contribution >= 4 is 35.0 Å². The number of unbranched alkanes of at least 4 members (excludes halogenated alkanes) is 8. The second kappa shape index (κ2) is 12.4. The van der Waals surface area contributed by atoms with Gasteiger partial charge >= 0.3 is 0 Å². The van der Waals surface area contributed by atoms with Crippen molar-refractivity contribution in [1.82, 2.24) is 0 Å². The van der Waals surface area contributed by atoms with Crippen molar-refractivity contribution in [3.8, 4) is 0 Å². The lowest BCUT2D eigenvalue weighted by molar-refractivity contribution is -0.122. The fourth-order valence-corrected chi connectivity index (χ4v) is 4.53. The first kappa shape index (κ1) is 25.6. The number of benzene rings is 1. The molecule has 34 heavy (non-hydrogen) atoms. The molecule has 182 valence electrons. The number of para-hydroxylation sites is 2. The standard InChI is InChI=1S/C28H36N2O4/c1-3-5-7-9-11-15-21-19-25(31)29(27(21)33)23-17-13-14-18-24(23)30-26(32)20-22(28(30)34)16-12-10-8-6-4-2/h13-14,17-20H,3-12,15-16H2,1-2H3. The average Bonchev–Trinajstić information content (AvgIpc) is 3.27. The van der Waals surface area contributed by atoms with Gasteiger partial charge in [0, 0.05) is 23.3 Å². The van der Waals surface area contributed by atoms with Gasteiger partial charge < -0.3 is 0 Å². The van der Waals surface area contributed by atoms with Crippen LogP contribution in [0, 0.1) is 0 Å². The molecule has 0 spiro atoms. The summed E-state index contributed by atoms with van der Waals surface area (Å²) in [6.45, 7) is 4.30. The first-order valence-corrected chi connectivity index (χ1v) is 12.8. The number of hydrogen-bond acceptors (Lipinski definition) is 4. The van der Waals surface area contributed by atoms with Crippen LogP contribution in [0.2, 0.25) is 0 Å². The van der Waals surface area contributed by atoms with Gasteiger partial charge in [-0.25, -0.2) is 9.80 Å². The normalized spacial score (nSPS) is 16.1. The molecule has 2 aliphatic rings. The van der Waals surface area contributed by atoms with Crippen LogP contribution in [0.4, 0.5) is 11.4 Å². The molecule has 2 heterocycles. The predicted octanol–water partition coefficient (Wildman–Crippen LogP) is 6.01. The smallest absolute Gasteiger partial charge is 0.261 e. The first-order chi connectivity index (χ1) is 16.5. The first-order valence-electron chi connectivity index (χ1n) is 12.8. The average molecular weight is 465 g/mol. The number of amides is 4. The van der Waals surface area contributed by atoms with Gasteiger partial charge in [0.25, 0.3) is 23.6 Å². The number of hydrogen-bond donors (Lipinski definition) is 0. The molecule has 0 saturated carbocycles. The number of nitrogens with zero attached hydrogens (tertiary/aromatic N) is 2. The Kier molecular flexibility index (Phi) is 9.37. The van der Waals surface area contributed by atoms with Crippen molar-refractivity contribution in [1.29, 1.82) is 0 Å². The van der Waals surface area contributed by atoms with E-state index in [4.69, 9.17) is 0 Å². The molecule has 0 aromatic heterocycles. The van der Waals surface area contributed by atoms with Crippen LogP contribution < -0.4 is 9.80 Å². The third-order valence-corrected chi connectivity index (χ3v) is 6.45. The lowest BCUT2D eigenvalue weighted by Gasteiger charge is -2.23. The Hall–Kier alpha value is -3.02. The Morgan fingerprint density at radius 3 is 1.32 bits per heavy atom. The molecule has 1 aromatic rings. The third-order valence-electron chi connectivity index (χ3n) is 6.45. The highest BCUT2D eigenvalue weighted by atomic mass is 16.2. The summed E-state index contributed by atoms with van der Waals surface area (Å²) in [6.07, 6.45) is 14.5. The zero-order chi connectivity index (χ0) is 24.5. The summed E-state index contributed by atoms with van der Waals surface area (Å²) in [5.41, 5.74) is 1.52. The van der Waals surface area contributed by atoms with Crippen molar-refractivity contribution in [3.63, 3.8) is 0 Å². The lowest BCUT2D eigenvalue weighted by atomic mass is 10.1. The van der Waals surface area contributed by atoms with E-state index in [0.29, 0.717) is 24.0 Å². The molecule has 0 bridgehead atoms. The Balaban J connectivity index is 1.70. The molecule has 4 amide bonds. The van der Waals surface area contributed by atoms with Gasteiger partial charge in [0.05, 0.1) is 11.4 Å². The molecule has 0 N–H and O–H groups in total. The summed E-state index contributed by atoms with van der Waals surface area (Å²) < 4.78 is 0. The fraction of sp³-hybridized carbons (Fsp3) is 0.500. The molecule has 2 aliphatic heterocycles. The van der Waals surface area contributed by atoms with Crippen LogP contribution in [-0.2, 0) is 19.2 Å². The second-order valence-electron chi connectivity index (χ2n) is 9.11. The van der Waals surface area contributed by atoms with E-state index >= 15 is 0 Å². The molecule has 0 fully saturated rings. The molecule has 6 nitrogen and oxygen atoms in total. The summed E-state index contributed by atoms with van der Waals surface area (Å²) in [7, 11) is 0. The second-order valence-corrected chi connectivity index (χ2v) is 9.11. The van der Waals surface area contributed by atoms with Crippen molar-refractivity contribution in [2.24, 2.45) is 0 Å². The molecule has 0 unspecified atom stereocenters. The van der Waals surface area contributed by atoms with E-state index in [1.165, 1.54) is 12.2 Å². The summed E-state index contributed by atoms with van der Waals surface area (Å²) in [4.78, 5) is 53.9. The molecule has 1 aromatic carbocycles. The summed E-state index contributed by atoms with van der Waals surface area (Å²) in [6, 6.07) is 6.64. The zero-order valence-electron chi connectivity index (χ0n) is 20.5. The van der Waals surface area contributed by atoms with Crippen molar-refractivity contribution < 1.29 is 19.2 Å². The van der Waals surface area contributed by atoms with E-state index in [1.807, 2.05) is 0 Å². The van der Waals surface area contributed by atoms with Gasteiger partial charge in [0.2, 0.25) is 0 Å².